The minimum Gasteiger partial charge on any atom is -0.378 e. The van der Waals surface area contributed by atoms with Crippen LogP contribution in [0.1, 0.15) is 97.7 Å². The van der Waals surface area contributed by atoms with Gasteiger partial charge in [0, 0.05) is 19.0 Å². The molecule has 1 aromatic rings. The molecule has 6 atom stereocenters. The topological polar surface area (TPSA) is 93.7 Å². The van der Waals surface area contributed by atoms with Crippen LogP contribution in [-0.4, -0.2) is 59.8 Å². The van der Waals surface area contributed by atoms with Gasteiger partial charge in [0.15, 0.2) is 0 Å². The van der Waals surface area contributed by atoms with Crippen LogP contribution in [0.25, 0.3) is 0 Å². The molecule has 0 bridgehead atoms. The number of rotatable bonds is 11. The van der Waals surface area contributed by atoms with Gasteiger partial charge in [-0.05, 0) is 74.5 Å². The zero-order chi connectivity index (χ0) is 31.0. The van der Waals surface area contributed by atoms with Crippen LogP contribution in [0.4, 0.5) is 0 Å². The van der Waals surface area contributed by atoms with E-state index in [-0.39, 0.29) is 41.3 Å². The molecule has 1 aromatic carbocycles. The molecule has 1 saturated heterocycles. The van der Waals surface area contributed by atoms with Gasteiger partial charge in [-0.1, -0.05) is 89.6 Å². The van der Waals surface area contributed by atoms with E-state index < -0.39 is 12.3 Å². The van der Waals surface area contributed by atoms with E-state index in [1.165, 1.54) is 16.7 Å². The minimum absolute atomic E-state index is 0.0166. The van der Waals surface area contributed by atoms with Crippen LogP contribution in [-0.2, 0) is 16.0 Å². The molecular formula is C35H56N4O3. The van der Waals surface area contributed by atoms with Crippen molar-refractivity contribution in [1.29, 1.82) is 0 Å². The second-order valence-electron chi connectivity index (χ2n) is 13.7. The number of hydrogen-bond acceptors (Lipinski definition) is 5. The SMILES string of the molecule is CCC1C[C@@H](C(=O)N[C@@H]2CCCc3ccccc32)N(C(O)C[C@@H](NC(=O)[C@H](C)NC)C(C)(C)C)C/C1=C/C=C/C(C)C. The number of nitrogens with zero attached hydrogens (tertiary/aromatic N) is 1. The fourth-order valence-corrected chi connectivity index (χ4v) is 6.17. The number of hydrogen-bond donors (Lipinski definition) is 4. The number of likely N-dealkylation sites (tertiary alicyclic amines) is 1. The third-order valence-corrected chi connectivity index (χ3v) is 9.10. The van der Waals surface area contributed by atoms with Crippen molar-refractivity contribution in [3.8, 4) is 0 Å². The summed E-state index contributed by atoms with van der Waals surface area (Å²) in [4.78, 5) is 28.9. The monoisotopic (exact) mass is 580 g/mol. The summed E-state index contributed by atoms with van der Waals surface area (Å²) in [6, 6.07) is 7.31. The number of aliphatic hydroxyl groups is 1. The lowest BCUT2D eigenvalue weighted by atomic mass is 9.81. The predicted molar refractivity (Wildman–Crippen MR) is 172 cm³/mol. The van der Waals surface area contributed by atoms with Crippen LogP contribution >= 0.6 is 0 Å². The Hall–Kier alpha value is -2.48. The second-order valence-corrected chi connectivity index (χ2v) is 13.7. The average Bonchev–Trinajstić information content (AvgIpc) is 2.95. The Balaban J connectivity index is 1.90. The molecule has 1 aliphatic carbocycles. The van der Waals surface area contributed by atoms with E-state index in [1.54, 1.807) is 7.05 Å². The molecule has 2 unspecified atom stereocenters. The number of likely N-dealkylation sites (N-methyl/N-ethyl adjacent to an activating group) is 1. The number of aliphatic hydroxyl groups excluding tert-OH is 1. The molecule has 7 nitrogen and oxygen atoms in total. The molecule has 1 heterocycles. The van der Waals surface area contributed by atoms with E-state index in [4.69, 9.17) is 0 Å². The highest BCUT2D eigenvalue weighted by Crippen LogP contribution is 2.35. The average molecular weight is 581 g/mol. The number of nitrogens with one attached hydrogen (secondary N) is 3. The maximum Gasteiger partial charge on any atom is 0.237 e. The van der Waals surface area contributed by atoms with E-state index in [0.29, 0.717) is 25.3 Å². The molecule has 4 N–H and O–H groups in total. The summed E-state index contributed by atoms with van der Waals surface area (Å²) in [6.07, 6.45) is 10.5. The van der Waals surface area contributed by atoms with Crippen molar-refractivity contribution >= 4 is 11.8 Å². The fourth-order valence-electron chi connectivity index (χ4n) is 6.17. The molecule has 42 heavy (non-hydrogen) atoms. The van der Waals surface area contributed by atoms with Crippen LogP contribution < -0.4 is 16.0 Å². The number of aryl methyl sites for hydroxylation is 1. The first-order valence-electron chi connectivity index (χ1n) is 16.0. The van der Waals surface area contributed by atoms with Gasteiger partial charge in [0.25, 0.3) is 0 Å². The van der Waals surface area contributed by atoms with E-state index >= 15 is 0 Å². The molecule has 0 radical (unpaired) electrons. The molecule has 0 saturated carbocycles. The molecule has 0 spiro atoms. The first-order valence-corrected chi connectivity index (χ1v) is 16.0. The summed E-state index contributed by atoms with van der Waals surface area (Å²) < 4.78 is 0. The van der Waals surface area contributed by atoms with Crippen LogP contribution in [0, 0.1) is 17.3 Å². The summed E-state index contributed by atoms with van der Waals surface area (Å²) in [6.45, 7) is 15.1. The number of benzene rings is 1. The number of carbonyl (C=O) groups is 2. The zero-order valence-electron chi connectivity index (χ0n) is 27.2. The Morgan fingerprint density at radius 1 is 1.17 bits per heavy atom. The lowest BCUT2D eigenvalue weighted by molar-refractivity contribution is -0.136. The van der Waals surface area contributed by atoms with Crippen molar-refractivity contribution in [2.24, 2.45) is 17.3 Å². The highest BCUT2D eigenvalue weighted by atomic mass is 16.3. The molecule has 7 heteroatoms. The maximum absolute atomic E-state index is 14.1. The predicted octanol–water partition coefficient (Wildman–Crippen LogP) is 5.27. The van der Waals surface area contributed by atoms with Gasteiger partial charge in [-0.15, -0.1) is 0 Å². The third kappa shape index (κ3) is 9.01. The number of piperidine rings is 1. The Bertz CT molecular complexity index is 1110. The first kappa shape index (κ1) is 34.0. The van der Waals surface area contributed by atoms with Gasteiger partial charge in [0.2, 0.25) is 11.8 Å². The number of carbonyl (C=O) groups excluding carboxylic acids is 2. The van der Waals surface area contributed by atoms with Gasteiger partial charge >= 0.3 is 0 Å². The quantitative estimate of drug-likeness (QED) is 0.286. The number of allylic oxidation sites excluding steroid dienone is 3. The molecular weight excluding hydrogens is 524 g/mol. The fraction of sp³-hybridized carbons (Fsp3) is 0.657. The van der Waals surface area contributed by atoms with Crippen molar-refractivity contribution in [3.63, 3.8) is 0 Å². The highest BCUT2D eigenvalue weighted by molar-refractivity contribution is 5.83. The van der Waals surface area contributed by atoms with E-state index in [9.17, 15) is 14.7 Å². The van der Waals surface area contributed by atoms with Gasteiger partial charge in [0.05, 0.1) is 18.1 Å². The van der Waals surface area contributed by atoms with Crippen LogP contribution in [0.5, 0.6) is 0 Å². The third-order valence-electron chi connectivity index (χ3n) is 9.10. The summed E-state index contributed by atoms with van der Waals surface area (Å²) in [5, 5.41) is 21.4. The summed E-state index contributed by atoms with van der Waals surface area (Å²) >= 11 is 0. The molecule has 2 aliphatic rings. The van der Waals surface area contributed by atoms with Crippen molar-refractivity contribution in [3.05, 3.63) is 59.2 Å². The normalized spacial score (nSPS) is 24.8. The first-order chi connectivity index (χ1) is 19.8. The minimum atomic E-state index is -0.899. The van der Waals surface area contributed by atoms with Gasteiger partial charge in [0.1, 0.15) is 6.23 Å². The van der Waals surface area contributed by atoms with Crippen LogP contribution in [0.2, 0.25) is 0 Å². The van der Waals surface area contributed by atoms with Crippen molar-refractivity contribution in [2.45, 2.75) is 117 Å². The van der Waals surface area contributed by atoms with E-state index in [0.717, 1.165) is 25.7 Å². The Morgan fingerprint density at radius 2 is 1.88 bits per heavy atom. The molecule has 1 fully saturated rings. The van der Waals surface area contributed by atoms with Crippen LogP contribution in [0.15, 0.2) is 48.1 Å². The summed E-state index contributed by atoms with van der Waals surface area (Å²) in [5.74, 6) is 0.583. The highest BCUT2D eigenvalue weighted by Gasteiger charge is 2.41. The summed E-state index contributed by atoms with van der Waals surface area (Å²) in [7, 11) is 1.76. The van der Waals surface area contributed by atoms with Gasteiger partial charge in [-0.25, -0.2) is 0 Å². The van der Waals surface area contributed by atoms with Crippen molar-refractivity contribution < 1.29 is 14.7 Å². The summed E-state index contributed by atoms with van der Waals surface area (Å²) in [5.41, 5.74) is 3.47. The van der Waals surface area contributed by atoms with E-state index in [1.807, 2.05) is 17.9 Å². The zero-order valence-corrected chi connectivity index (χ0v) is 27.2. The smallest absolute Gasteiger partial charge is 0.237 e. The molecule has 234 valence electrons. The largest absolute Gasteiger partial charge is 0.378 e. The van der Waals surface area contributed by atoms with Gasteiger partial charge < -0.3 is 21.1 Å². The van der Waals surface area contributed by atoms with Crippen molar-refractivity contribution in [2.75, 3.05) is 13.6 Å². The molecule has 0 aromatic heterocycles. The Morgan fingerprint density at radius 3 is 2.52 bits per heavy atom. The van der Waals surface area contributed by atoms with Crippen LogP contribution in [0.3, 0.4) is 0 Å². The van der Waals surface area contributed by atoms with Gasteiger partial charge in [-0.3, -0.25) is 14.5 Å². The van der Waals surface area contributed by atoms with Crippen molar-refractivity contribution in [1.82, 2.24) is 20.9 Å². The molecule has 2 amide bonds. The number of fused-ring (bicyclic) bond motifs is 1. The van der Waals surface area contributed by atoms with E-state index in [2.05, 4.69) is 93.9 Å². The maximum atomic E-state index is 14.1. The molecule has 3 rings (SSSR count). The Kier molecular flexibility index (Phi) is 12.4. The molecule has 1 aliphatic heterocycles. The number of amides is 2. The second kappa shape index (κ2) is 15.3. The van der Waals surface area contributed by atoms with Gasteiger partial charge in [-0.2, -0.15) is 0 Å². The lowest BCUT2D eigenvalue weighted by Crippen LogP contribution is -2.58. The standard InChI is InChI=1S/C35H56N4O3/c1-9-25-20-30(34(42)37-29-19-13-16-26-15-10-11-18-28(26)29)39(22-27(25)17-12-14-23(2)3)32(40)21-31(35(5,6)7)38-33(41)24(4)36-8/h10-12,14-15,17-18,23-25,29-32,36,40H,9,13,16,19-22H2,1-8H3,(H,37,42)(H,38,41)/b14-12+,27-17-/t24-,25?,29+,30-,31+,32?/m0/s1. The Labute approximate surface area is 254 Å². The lowest BCUT2D eigenvalue weighted by Gasteiger charge is -2.45.